The van der Waals surface area contributed by atoms with Crippen LogP contribution in [0.2, 0.25) is 0 Å². The highest BCUT2D eigenvalue weighted by molar-refractivity contribution is 5.96. The number of anilines is 1. The summed E-state index contributed by atoms with van der Waals surface area (Å²) in [6, 6.07) is 5.94. The fourth-order valence-electron chi connectivity index (χ4n) is 4.07. The Kier molecular flexibility index (Phi) is 4.99. The number of nitrogens with two attached hydrogens (primary N) is 1. The number of piperidine rings is 1. The first-order valence-corrected chi connectivity index (χ1v) is 9.77. The molecule has 0 bridgehead atoms. The highest BCUT2D eigenvalue weighted by Gasteiger charge is 2.25. The minimum absolute atomic E-state index is 0.0178. The van der Waals surface area contributed by atoms with E-state index in [9.17, 15) is 9.59 Å². The van der Waals surface area contributed by atoms with Crippen molar-refractivity contribution >= 4 is 17.5 Å². The van der Waals surface area contributed by atoms with E-state index < -0.39 is 5.91 Å². The smallest absolute Gasteiger partial charge is 0.253 e. The number of primary amides is 1. The van der Waals surface area contributed by atoms with Crippen LogP contribution in [0.15, 0.2) is 42.1 Å². The van der Waals surface area contributed by atoms with Crippen molar-refractivity contribution in [3.05, 3.63) is 53.3 Å². The molecule has 3 heterocycles. The number of aryl methyl sites for hydroxylation is 1. The SMILES string of the molecule is NC(=O)C1=CN2c3ccc(C(=O)N4CCCCC4)cc3CCCNC2C=C1. The largest absolute Gasteiger partial charge is 0.366 e. The van der Waals surface area contributed by atoms with Crippen LogP contribution in [0.25, 0.3) is 0 Å². The summed E-state index contributed by atoms with van der Waals surface area (Å²) in [6.45, 7) is 2.57. The van der Waals surface area contributed by atoms with E-state index in [1.54, 1.807) is 12.3 Å². The average molecular weight is 366 g/mol. The van der Waals surface area contributed by atoms with Crippen molar-refractivity contribution < 1.29 is 9.59 Å². The molecule has 2 amide bonds. The van der Waals surface area contributed by atoms with E-state index in [1.807, 2.05) is 34.1 Å². The molecule has 3 N–H and O–H groups in total. The van der Waals surface area contributed by atoms with Gasteiger partial charge in [0, 0.05) is 30.5 Å². The number of hydrogen-bond acceptors (Lipinski definition) is 4. The maximum Gasteiger partial charge on any atom is 0.253 e. The lowest BCUT2D eigenvalue weighted by Crippen LogP contribution is -2.45. The molecule has 0 spiro atoms. The minimum Gasteiger partial charge on any atom is -0.366 e. The second-order valence-electron chi connectivity index (χ2n) is 7.41. The number of nitrogens with one attached hydrogen (secondary N) is 1. The van der Waals surface area contributed by atoms with Gasteiger partial charge >= 0.3 is 0 Å². The van der Waals surface area contributed by atoms with Crippen molar-refractivity contribution in [2.24, 2.45) is 5.73 Å². The maximum atomic E-state index is 12.9. The molecular formula is C21H26N4O2. The van der Waals surface area contributed by atoms with Crippen molar-refractivity contribution in [3.63, 3.8) is 0 Å². The molecule has 27 heavy (non-hydrogen) atoms. The van der Waals surface area contributed by atoms with Crippen LogP contribution in [0.5, 0.6) is 0 Å². The Morgan fingerprint density at radius 2 is 1.93 bits per heavy atom. The van der Waals surface area contributed by atoms with Crippen molar-refractivity contribution in [2.75, 3.05) is 24.5 Å². The molecule has 0 aliphatic carbocycles. The second kappa shape index (κ2) is 7.56. The number of carbonyl (C=O) groups excluding carboxylic acids is 2. The molecule has 1 aromatic rings. The predicted molar refractivity (Wildman–Crippen MR) is 105 cm³/mol. The van der Waals surface area contributed by atoms with Gasteiger partial charge in [-0.15, -0.1) is 0 Å². The molecule has 142 valence electrons. The summed E-state index contributed by atoms with van der Waals surface area (Å²) >= 11 is 0. The van der Waals surface area contributed by atoms with Gasteiger partial charge < -0.3 is 15.5 Å². The van der Waals surface area contributed by atoms with Gasteiger partial charge in [0.1, 0.15) is 6.17 Å². The van der Waals surface area contributed by atoms with Crippen LogP contribution in [0.4, 0.5) is 5.69 Å². The highest BCUT2D eigenvalue weighted by atomic mass is 16.2. The number of hydrogen-bond donors (Lipinski definition) is 2. The van der Waals surface area contributed by atoms with E-state index in [1.165, 1.54) is 6.42 Å². The van der Waals surface area contributed by atoms with Gasteiger partial charge in [0.25, 0.3) is 5.91 Å². The Morgan fingerprint density at radius 3 is 2.70 bits per heavy atom. The Morgan fingerprint density at radius 1 is 1.11 bits per heavy atom. The van der Waals surface area contributed by atoms with Gasteiger partial charge in [0.2, 0.25) is 5.91 Å². The number of amides is 2. The molecule has 1 saturated heterocycles. The highest BCUT2D eigenvalue weighted by Crippen LogP contribution is 2.30. The number of fused-ring (bicyclic) bond motifs is 3. The van der Waals surface area contributed by atoms with Crippen molar-refractivity contribution in [3.8, 4) is 0 Å². The predicted octanol–water partition coefficient (Wildman–Crippen LogP) is 1.92. The molecule has 6 nitrogen and oxygen atoms in total. The third-order valence-electron chi connectivity index (χ3n) is 5.54. The van der Waals surface area contributed by atoms with E-state index >= 15 is 0 Å². The Hall–Kier alpha value is -2.60. The Balaban J connectivity index is 1.67. The van der Waals surface area contributed by atoms with Gasteiger partial charge in [0.15, 0.2) is 0 Å². The first-order valence-electron chi connectivity index (χ1n) is 9.77. The number of rotatable bonds is 2. The summed E-state index contributed by atoms with van der Waals surface area (Å²) in [4.78, 5) is 28.5. The second-order valence-corrected chi connectivity index (χ2v) is 7.41. The molecule has 6 heteroatoms. The van der Waals surface area contributed by atoms with Crippen LogP contribution < -0.4 is 16.0 Å². The average Bonchev–Trinajstić information content (AvgIpc) is 2.69. The Bertz CT molecular complexity index is 808. The normalized spacial score (nSPS) is 22.2. The number of likely N-dealkylation sites (tertiary alicyclic amines) is 1. The molecule has 1 fully saturated rings. The van der Waals surface area contributed by atoms with Gasteiger partial charge in [-0.2, -0.15) is 0 Å². The lowest BCUT2D eigenvalue weighted by atomic mass is 9.99. The lowest BCUT2D eigenvalue weighted by molar-refractivity contribution is -0.114. The zero-order valence-corrected chi connectivity index (χ0v) is 15.5. The van der Waals surface area contributed by atoms with Gasteiger partial charge in [0.05, 0.1) is 5.57 Å². The minimum atomic E-state index is -0.440. The summed E-state index contributed by atoms with van der Waals surface area (Å²) in [5.41, 5.74) is 8.86. The number of nitrogens with zero attached hydrogens (tertiary/aromatic N) is 2. The Labute approximate surface area is 159 Å². The molecule has 1 aromatic carbocycles. The van der Waals surface area contributed by atoms with Gasteiger partial charge in [-0.1, -0.05) is 0 Å². The van der Waals surface area contributed by atoms with Crippen LogP contribution in [0.3, 0.4) is 0 Å². The molecule has 0 saturated carbocycles. The van der Waals surface area contributed by atoms with E-state index in [0.717, 1.165) is 62.1 Å². The first-order chi connectivity index (χ1) is 13.1. The van der Waals surface area contributed by atoms with E-state index in [4.69, 9.17) is 5.73 Å². The lowest BCUT2D eigenvalue weighted by Gasteiger charge is -2.35. The molecule has 0 aromatic heterocycles. The molecule has 1 atom stereocenters. The topological polar surface area (TPSA) is 78.7 Å². The quantitative estimate of drug-likeness (QED) is 0.838. The first kappa shape index (κ1) is 17.8. The van der Waals surface area contributed by atoms with E-state index in [0.29, 0.717) is 5.57 Å². The van der Waals surface area contributed by atoms with Crippen LogP contribution in [-0.4, -0.2) is 42.5 Å². The monoisotopic (exact) mass is 366 g/mol. The zero-order chi connectivity index (χ0) is 18.8. The third kappa shape index (κ3) is 3.62. The standard InChI is InChI=1S/C21H26N4O2/c22-20(26)17-7-9-19-23-10-4-5-15-13-16(6-8-18(15)25(19)14-17)21(27)24-11-2-1-3-12-24/h6-9,13-14,19,23H,1-5,10-12H2,(H2,22,26). The summed E-state index contributed by atoms with van der Waals surface area (Å²) in [5, 5.41) is 3.48. The summed E-state index contributed by atoms with van der Waals surface area (Å²) in [7, 11) is 0. The summed E-state index contributed by atoms with van der Waals surface area (Å²) in [5.74, 6) is -0.314. The molecular weight excluding hydrogens is 340 g/mol. The van der Waals surface area contributed by atoms with E-state index in [-0.39, 0.29) is 12.1 Å². The number of benzene rings is 1. The summed E-state index contributed by atoms with van der Waals surface area (Å²) < 4.78 is 0. The fraction of sp³-hybridized carbons (Fsp3) is 0.429. The van der Waals surface area contributed by atoms with Crippen LogP contribution in [0, 0.1) is 0 Å². The van der Waals surface area contributed by atoms with Crippen LogP contribution in [-0.2, 0) is 11.2 Å². The van der Waals surface area contributed by atoms with Crippen molar-refractivity contribution in [1.29, 1.82) is 0 Å². The zero-order valence-electron chi connectivity index (χ0n) is 15.5. The van der Waals surface area contributed by atoms with Gasteiger partial charge in [-0.05, 0) is 74.6 Å². The third-order valence-corrected chi connectivity index (χ3v) is 5.54. The molecule has 3 aliphatic rings. The van der Waals surface area contributed by atoms with Crippen LogP contribution in [0.1, 0.15) is 41.6 Å². The molecule has 1 unspecified atom stereocenters. The van der Waals surface area contributed by atoms with Crippen molar-refractivity contribution in [1.82, 2.24) is 10.2 Å². The number of carbonyl (C=O) groups is 2. The fourth-order valence-corrected chi connectivity index (χ4v) is 4.07. The molecule has 4 rings (SSSR count). The van der Waals surface area contributed by atoms with Crippen molar-refractivity contribution in [2.45, 2.75) is 38.3 Å². The molecule has 3 aliphatic heterocycles. The van der Waals surface area contributed by atoms with Gasteiger partial charge in [-0.25, -0.2) is 0 Å². The van der Waals surface area contributed by atoms with E-state index in [2.05, 4.69) is 5.32 Å². The maximum absolute atomic E-state index is 12.9. The van der Waals surface area contributed by atoms with Gasteiger partial charge in [-0.3, -0.25) is 14.9 Å². The molecule has 0 radical (unpaired) electrons. The van der Waals surface area contributed by atoms with Crippen LogP contribution >= 0.6 is 0 Å². The summed E-state index contributed by atoms with van der Waals surface area (Å²) in [6.07, 6.45) is 10.8.